The zero-order valence-electron chi connectivity index (χ0n) is 9.54. The Morgan fingerprint density at radius 3 is 3.00 bits per heavy atom. The van der Waals surface area contributed by atoms with Gasteiger partial charge in [0.15, 0.2) is 0 Å². The molecule has 1 heterocycles. The Morgan fingerprint density at radius 2 is 2.12 bits per heavy atom. The molecule has 1 aromatic carbocycles. The summed E-state index contributed by atoms with van der Waals surface area (Å²) in [4.78, 5) is 2.40. The maximum absolute atomic E-state index is 6.25. The summed E-state index contributed by atoms with van der Waals surface area (Å²) in [6.45, 7) is 0. The first kappa shape index (κ1) is 10.3. The van der Waals surface area contributed by atoms with E-state index in [1.54, 1.807) is 0 Å². The lowest BCUT2D eigenvalue weighted by Crippen LogP contribution is -2.50. The topological polar surface area (TPSA) is 15.3 Å². The molecule has 1 fully saturated rings. The Labute approximate surface area is 102 Å². The van der Waals surface area contributed by atoms with Gasteiger partial charge in [-0.3, -0.25) is 0 Å². The monoisotopic (exact) mass is 236 g/mol. The quantitative estimate of drug-likeness (QED) is 0.742. The number of halogens is 1. The molecule has 2 unspecified atom stereocenters. The van der Waals surface area contributed by atoms with Crippen molar-refractivity contribution in [3.63, 3.8) is 0 Å². The highest BCUT2D eigenvalue weighted by atomic mass is 35.5. The van der Waals surface area contributed by atoms with E-state index in [4.69, 9.17) is 11.6 Å². The Kier molecular flexibility index (Phi) is 2.47. The fourth-order valence-corrected chi connectivity index (χ4v) is 3.28. The molecule has 1 saturated carbocycles. The van der Waals surface area contributed by atoms with Crippen molar-refractivity contribution in [1.82, 2.24) is 0 Å². The molecule has 1 aromatic rings. The van der Waals surface area contributed by atoms with Crippen LogP contribution < -0.4 is 10.2 Å². The van der Waals surface area contributed by atoms with E-state index in [0.717, 1.165) is 10.7 Å². The Morgan fingerprint density at radius 1 is 1.31 bits per heavy atom. The molecule has 2 atom stereocenters. The minimum atomic E-state index is 0.575. The molecule has 1 aliphatic heterocycles. The Hall–Kier alpha value is -0.890. The SMILES string of the molecule is CN1c2cccc(Cl)c2NC2CCCCC21. The van der Waals surface area contributed by atoms with Crippen LogP contribution in [0.4, 0.5) is 11.4 Å². The zero-order chi connectivity index (χ0) is 11.1. The van der Waals surface area contributed by atoms with Crippen LogP contribution in [-0.4, -0.2) is 19.1 Å². The predicted molar refractivity (Wildman–Crippen MR) is 69.5 cm³/mol. The number of nitrogens with zero attached hydrogens (tertiary/aromatic N) is 1. The van der Waals surface area contributed by atoms with Crippen LogP contribution in [0.3, 0.4) is 0 Å². The number of hydrogen-bond acceptors (Lipinski definition) is 2. The van der Waals surface area contributed by atoms with E-state index >= 15 is 0 Å². The molecule has 0 saturated heterocycles. The molecule has 0 spiro atoms. The van der Waals surface area contributed by atoms with E-state index in [2.05, 4.69) is 23.3 Å². The second kappa shape index (κ2) is 3.85. The third-order valence-electron chi connectivity index (χ3n) is 3.93. The first-order chi connectivity index (χ1) is 7.77. The van der Waals surface area contributed by atoms with Gasteiger partial charge in [-0.05, 0) is 25.0 Å². The average molecular weight is 237 g/mol. The van der Waals surface area contributed by atoms with Crippen molar-refractivity contribution in [2.75, 3.05) is 17.3 Å². The summed E-state index contributed by atoms with van der Waals surface area (Å²) in [5.74, 6) is 0. The summed E-state index contributed by atoms with van der Waals surface area (Å²) in [6.07, 6.45) is 5.24. The van der Waals surface area contributed by atoms with Gasteiger partial charge in [0.25, 0.3) is 0 Å². The van der Waals surface area contributed by atoms with Gasteiger partial charge in [0.2, 0.25) is 0 Å². The van der Waals surface area contributed by atoms with Crippen molar-refractivity contribution < 1.29 is 0 Å². The van der Waals surface area contributed by atoms with E-state index in [1.807, 2.05) is 12.1 Å². The number of hydrogen-bond donors (Lipinski definition) is 1. The maximum Gasteiger partial charge on any atom is 0.0770 e. The minimum Gasteiger partial charge on any atom is -0.377 e. The second-order valence-electron chi connectivity index (χ2n) is 4.85. The van der Waals surface area contributed by atoms with Gasteiger partial charge in [0.05, 0.1) is 16.4 Å². The highest BCUT2D eigenvalue weighted by Gasteiger charge is 2.34. The number of anilines is 2. The fourth-order valence-electron chi connectivity index (χ4n) is 3.06. The molecule has 0 radical (unpaired) electrons. The molecule has 0 bridgehead atoms. The van der Waals surface area contributed by atoms with Gasteiger partial charge >= 0.3 is 0 Å². The van der Waals surface area contributed by atoms with Gasteiger partial charge in [0, 0.05) is 19.1 Å². The largest absolute Gasteiger partial charge is 0.377 e. The molecule has 16 heavy (non-hydrogen) atoms. The van der Waals surface area contributed by atoms with Crippen molar-refractivity contribution in [3.05, 3.63) is 23.2 Å². The Bertz CT molecular complexity index is 405. The second-order valence-corrected chi connectivity index (χ2v) is 5.25. The summed E-state index contributed by atoms with van der Waals surface area (Å²) in [6, 6.07) is 7.36. The van der Waals surface area contributed by atoms with Crippen molar-refractivity contribution in [2.24, 2.45) is 0 Å². The standard InChI is InChI=1S/C13H17ClN2/c1-16-11-7-3-2-6-10(11)15-13-9(14)5-4-8-12(13)16/h4-5,8,10-11,15H,2-3,6-7H2,1H3. The summed E-state index contributed by atoms with van der Waals surface area (Å²) in [7, 11) is 2.19. The zero-order valence-corrected chi connectivity index (χ0v) is 10.3. The molecule has 1 aliphatic carbocycles. The molecule has 2 aliphatic rings. The highest BCUT2D eigenvalue weighted by Crippen LogP contribution is 2.41. The van der Waals surface area contributed by atoms with Crippen LogP contribution in [0, 0.1) is 0 Å². The average Bonchev–Trinajstić information content (AvgIpc) is 2.31. The van der Waals surface area contributed by atoms with E-state index in [0.29, 0.717) is 12.1 Å². The van der Waals surface area contributed by atoms with Crippen LogP contribution >= 0.6 is 11.6 Å². The molecule has 0 aromatic heterocycles. The first-order valence-electron chi connectivity index (χ1n) is 6.05. The summed E-state index contributed by atoms with van der Waals surface area (Å²) in [5, 5.41) is 4.47. The molecule has 3 heteroatoms. The fraction of sp³-hybridized carbons (Fsp3) is 0.538. The maximum atomic E-state index is 6.25. The number of nitrogens with one attached hydrogen (secondary N) is 1. The number of rotatable bonds is 0. The number of benzene rings is 1. The molecular formula is C13H17ClN2. The van der Waals surface area contributed by atoms with Crippen molar-refractivity contribution >= 4 is 23.0 Å². The smallest absolute Gasteiger partial charge is 0.0770 e. The van der Waals surface area contributed by atoms with Crippen molar-refractivity contribution in [2.45, 2.75) is 37.8 Å². The molecule has 86 valence electrons. The number of fused-ring (bicyclic) bond motifs is 2. The molecular weight excluding hydrogens is 220 g/mol. The van der Waals surface area contributed by atoms with Crippen LogP contribution in [0.15, 0.2) is 18.2 Å². The van der Waals surface area contributed by atoms with Gasteiger partial charge in [-0.15, -0.1) is 0 Å². The molecule has 1 N–H and O–H groups in total. The molecule has 3 rings (SSSR count). The van der Waals surface area contributed by atoms with E-state index < -0.39 is 0 Å². The molecule has 0 amide bonds. The number of para-hydroxylation sites is 1. The van der Waals surface area contributed by atoms with E-state index in [-0.39, 0.29) is 0 Å². The van der Waals surface area contributed by atoms with Crippen LogP contribution in [0.2, 0.25) is 5.02 Å². The Balaban J connectivity index is 2.03. The van der Waals surface area contributed by atoms with E-state index in [9.17, 15) is 0 Å². The van der Waals surface area contributed by atoms with Crippen LogP contribution in [0.1, 0.15) is 25.7 Å². The normalized spacial score (nSPS) is 28.0. The summed E-state index contributed by atoms with van der Waals surface area (Å²) < 4.78 is 0. The third-order valence-corrected chi connectivity index (χ3v) is 4.24. The lowest BCUT2D eigenvalue weighted by Gasteiger charge is -2.45. The van der Waals surface area contributed by atoms with Gasteiger partial charge in [-0.25, -0.2) is 0 Å². The summed E-state index contributed by atoms with van der Waals surface area (Å²) in [5.41, 5.74) is 2.37. The van der Waals surface area contributed by atoms with Crippen LogP contribution in [0.25, 0.3) is 0 Å². The predicted octanol–water partition coefficient (Wildman–Crippen LogP) is 3.51. The first-order valence-corrected chi connectivity index (χ1v) is 6.43. The van der Waals surface area contributed by atoms with Crippen molar-refractivity contribution in [3.8, 4) is 0 Å². The molecule has 2 nitrogen and oxygen atoms in total. The lowest BCUT2D eigenvalue weighted by atomic mass is 9.87. The third kappa shape index (κ3) is 1.47. The van der Waals surface area contributed by atoms with Gasteiger partial charge in [-0.2, -0.15) is 0 Å². The van der Waals surface area contributed by atoms with Crippen LogP contribution in [0.5, 0.6) is 0 Å². The number of likely N-dealkylation sites (N-methyl/N-ethyl adjacent to an activating group) is 1. The highest BCUT2D eigenvalue weighted by molar-refractivity contribution is 6.34. The van der Waals surface area contributed by atoms with Crippen LogP contribution in [-0.2, 0) is 0 Å². The minimum absolute atomic E-state index is 0.575. The van der Waals surface area contributed by atoms with Gasteiger partial charge in [0.1, 0.15) is 0 Å². The van der Waals surface area contributed by atoms with Gasteiger partial charge < -0.3 is 10.2 Å². The van der Waals surface area contributed by atoms with Crippen molar-refractivity contribution in [1.29, 1.82) is 0 Å². The lowest BCUT2D eigenvalue weighted by molar-refractivity contribution is 0.385. The van der Waals surface area contributed by atoms with Gasteiger partial charge in [-0.1, -0.05) is 30.5 Å². The van der Waals surface area contributed by atoms with E-state index in [1.165, 1.54) is 31.4 Å². The summed E-state index contributed by atoms with van der Waals surface area (Å²) >= 11 is 6.25.